The van der Waals surface area contributed by atoms with Gasteiger partial charge in [-0.1, -0.05) is 13.0 Å². The van der Waals surface area contributed by atoms with Crippen LogP contribution in [0.2, 0.25) is 0 Å². The van der Waals surface area contributed by atoms with Gasteiger partial charge in [-0.05, 0) is 18.2 Å². The second-order valence-electron chi connectivity index (χ2n) is 5.87. The van der Waals surface area contributed by atoms with E-state index in [1.165, 1.54) is 12.5 Å². The van der Waals surface area contributed by atoms with Crippen LogP contribution in [0.15, 0.2) is 29.7 Å². The molecule has 0 saturated carbocycles. The standard InChI is InChI=1S/C17H25N3O4S/c1-3-25(22,23)12-4-7-19-8-10-20(11-9-19)17(21)14-5-6-16(24-2)15(18)13-14/h4-6,12-13H,3,7-11,18H2,1-2H3. The van der Waals surface area contributed by atoms with E-state index in [1.807, 2.05) is 0 Å². The molecule has 1 fully saturated rings. The van der Waals surface area contributed by atoms with Crippen molar-refractivity contribution in [3.05, 3.63) is 35.2 Å². The summed E-state index contributed by atoms with van der Waals surface area (Å²) in [6.45, 7) is 4.78. The van der Waals surface area contributed by atoms with Crippen molar-refractivity contribution in [3.63, 3.8) is 0 Å². The molecule has 8 heteroatoms. The van der Waals surface area contributed by atoms with Crippen molar-refractivity contribution >= 4 is 21.4 Å². The van der Waals surface area contributed by atoms with Crippen molar-refractivity contribution in [2.45, 2.75) is 6.92 Å². The highest BCUT2D eigenvalue weighted by molar-refractivity contribution is 7.94. The Bertz CT molecular complexity index is 738. The van der Waals surface area contributed by atoms with Gasteiger partial charge in [-0.2, -0.15) is 0 Å². The Hall–Kier alpha value is -2.06. The Balaban J connectivity index is 1.89. The van der Waals surface area contributed by atoms with Gasteiger partial charge < -0.3 is 15.4 Å². The van der Waals surface area contributed by atoms with E-state index in [1.54, 1.807) is 36.1 Å². The lowest BCUT2D eigenvalue weighted by Gasteiger charge is -2.34. The van der Waals surface area contributed by atoms with Gasteiger partial charge in [0.25, 0.3) is 5.91 Å². The number of nitrogens with two attached hydrogens (primary N) is 1. The van der Waals surface area contributed by atoms with Gasteiger partial charge in [0.1, 0.15) is 5.75 Å². The number of carbonyl (C=O) groups excluding carboxylic acids is 1. The normalized spacial score (nSPS) is 16.3. The molecule has 138 valence electrons. The molecule has 1 aliphatic rings. The summed E-state index contributed by atoms with van der Waals surface area (Å²) in [5, 5.41) is 1.27. The molecule has 2 N–H and O–H groups in total. The summed E-state index contributed by atoms with van der Waals surface area (Å²) in [5.41, 5.74) is 6.84. The first-order valence-corrected chi connectivity index (χ1v) is 9.92. The van der Waals surface area contributed by atoms with Crippen molar-refractivity contribution in [3.8, 4) is 5.75 Å². The lowest BCUT2D eigenvalue weighted by molar-refractivity contribution is 0.0650. The summed E-state index contributed by atoms with van der Waals surface area (Å²) >= 11 is 0. The van der Waals surface area contributed by atoms with Crippen molar-refractivity contribution < 1.29 is 17.9 Å². The first-order chi connectivity index (χ1) is 11.9. The van der Waals surface area contributed by atoms with E-state index in [0.29, 0.717) is 49.7 Å². The Labute approximate surface area is 149 Å². The van der Waals surface area contributed by atoms with Gasteiger partial charge in [0.05, 0.1) is 18.6 Å². The minimum atomic E-state index is -3.08. The third-order valence-electron chi connectivity index (χ3n) is 4.21. The zero-order valence-corrected chi connectivity index (χ0v) is 15.5. The van der Waals surface area contributed by atoms with Crippen LogP contribution in [0, 0.1) is 0 Å². The molecule has 25 heavy (non-hydrogen) atoms. The quantitative estimate of drug-likeness (QED) is 0.754. The van der Waals surface area contributed by atoms with Crippen LogP contribution in [0.25, 0.3) is 0 Å². The number of hydrogen-bond acceptors (Lipinski definition) is 6. The number of piperazine rings is 1. The van der Waals surface area contributed by atoms with Crippen LogP contribution in [0.5, 0.6) is 5.75 Å². The third-order valence-corrected chi connectivity index (χ3v) is 5.62. The van der Waals surface area contributed by atoms with Crippen LogP contribution in [-0.4, -0.2) is 69.7 Å². The molecule has 0 radical (unpaired) electrons. The summed E-state index contributed by atoms with van der Waals surface area (Å²) < 4.78 is 28.0. The highest BCUT2D eigenvalue weighted by Crippen LogP contribution is 2.23. The molecule has 1 aromatic carbocycles. The predicted octanol–water partition coefficient (Wildman–Crippen LogP) is 0.984. The number of sulfone groups is 1. The van der Waals surface area contributed by atoms with Crippen LogP contribution < -0.4 is 10.5 Å². The number of amides is 1. The molecule has 1 aliphatic heterocycles. The Kier molecular flexibility index (Phi) is 6.44. The smallest absolute Gasteiger partial charge is 0.254 e. The fourth-order valence-corrected chi connectivity index (χ4v) is 3.19. The molecular formula is C17H25N3O4S. The number of hydrogen-bond donors (Lipinski definition) is 1. The highest BCUT2D eigenvalue weighted by Gasteiger charge is 2.22. The number of nitrogens with zero attached hydrogens (tertiary/aromatic N) is 2. The van der Waals surface area contributed by atoms with E-state index in [2.05, 4.69) is 4.90 Å². The Morgan fingerprint density at radius 3 is 2.52 bits per heavy atom. The molecule has 0 aliphatic carbocycles. The highest BCUT2D eigenvalue weighted by atomic mass is 32.2. The molecule has 0 spiro atoms. The SMILES string of the molecule is CCS(=O)(=O)C=CCN1CCN(C(=O)c2ccc(OC)c(N)c2)CC1. The average molecular weight is 367 g/mol. The number of nitrogen functional groups attached to an aromatic ring is 1. The summed E-state index contributed by atoms with van der Waals surface area (Å²) in [5.74, 6) is 0.602. The van der Waals surface area contributed by atoms with Gasteiger partial charge in [0.2, 0.25) is 0 Å². The lowest BCUT2D eigenvalue weighted by Crippen LogP contribution is -2.48. The van der Waals surface area contributed by atoms with E-state index < -0.39 is 9.84 Å². The number of rotatable bonds is 6. The van der Waals surface area contributed by atoms with Gasteiger partial charge in [-0.15, -0.1) is 0 Å². The molecule has 0 aromatic heterocycles. The minimum absolute atomic E-state index is 0.0573. The monoisotopic (exact) mass is 367 g/mol. The maximum atomic E-state index is 12.6. The molecule has 1 heterocycles. The summed E-state index contributed by atoms with van der Waals surface area (Å²) in [4.78, 5) is 16.5. The largest absolute Gasteiger partial charge is 0.495 e. The summed E-state index contributed by atoms with van der Waals surface area (Å²) in [7, 11) is -1.55. The van der Waals surface area contributed by atoms with E-state index >= 15 is 0 Å². The summed E-state index contributed by atoms with van der Waals surface area (Å²) in [6.07, 6.45) is 1.67. The van der Waals surface area contributed by atoms with Crippen molar-refractivity contribution in [1.29, 1.82) is 0 Å². The van der Waals surface area contributed by atoms with Gasteiger partial charge in [-0.3, -0.25) is 9.69 Å². The van der Waals surface area contributed by atoms with Crippen LogP contribution in [0.1, 0.15) is 17.3 Å². The van der Waals surface area contributed by atoms with Crippen molar-refractivity contribution in [2.24, 2.45) is 0 Å². The molecule has 7 nitrogen and oxygen atoms in total. The second kappa shape index (κ2) is 8.35. The van der Waals surface area contributed by atoms with Crippen LogP contribution >= 0.6 is 0 Å². The third kappa shape index (κ3) is 5.20. The number of carbonyl (C=O) groups is 1. The number of methoxy groups -OCH3 is 1. The minimum Gasteiger partial charge on any atom is -0.495 e. The van der Waals surface area contributed by atoms with Gasteiger partial charge in [-0.25, -0.2) is 8.42 Å². The van der Waals surface area contributed by atoms with Crippen LogP contribution in [0.4, 0.5) is 5.69 Å². The second-order valence-corrected chi connectivity index (χ2v) is 8.05. The molecule has 1 amide bonds. The van der Waals surface area contributed by atoms with Gasteiger partial charge >= 0.3 is 0 Å². The molecule has 2 rings (SSSR count). The Morgan fingerprint density at radius 1 is 1.28 bits per heavy atom. The summed E-state index contributed by atoms with van der Waals surface area (Å²) in [6, 6.07) is 5.03. The molecule has 1 saturated heterocycles. The van der Waals surface area contributed by atoms with E-state index in [4.69, 9.17) is 10.5 Å². The zero-order valence-electron chi connectivity index (χ0n) is 14.6. The van der Waals surface area contributed by atoms with E-state index in [0.717, 1.165) is 0 Å². The molecule has 1 aromatic rings. The average Bonchev–Trinajstić information content (AvgIpc) is 2.61. The molecule has 0 unspecified atom stereocenters. The number of anilines is 1. The van der Waals surface area contributed by atoms with Crippen molar-refractivity contribution in [2.75, 3.05) is 51.3 Å². The first kappa shape index (κ1) is 19.3. The first-order valence-electron chi connectivity index (χ1n) is 8.20. The number of benzene rings is 1. The molecule has 0 atom stereocenters. The maximum Gasteiger partial charge on any atom is 0.254 e. The lowest BCUT2D eigenvalue weighted by atomic mass is 10.1. The van der Waals surface area contributed by atoms with Gasteiger partial charge in [0, 0.05) is 43.7 Å². The zero-order chi connectivity index (χ0) is 18.4. The fraction of sp³-hybridized carbons (Fsp3) is 0.471. The fourth-order valence-electron chi connectivity index (χ4n) is 2.62. The van der Waals surface area contributed by atoms with Crippen molar-refractivity contribution in [1.82, 2.24) is 9.80 Å². The maximum absolute atomic E-state index is 12.6. The topological polar surface area (TPSA) is 92.9 Å². The predicted molar refractivity (Wildman–Crippen MR) is 98.4 cm³/mol. The molecule has 0 bridgehead atoms. The van der Waals surface area contributed by atoms with Crippen LogP contribution in [0.3, 0.4) is 0 Å². The Morgan fingerprint density at radius 2 is 1.96 bits per heavy atom. The van der Waals surface area contributed by atoms with E-state index in [-0.39, 0.29) is 11.7 Å². The van der Waals surface area contributed by atoms with Gasteiger partial charge in [0.15, 0.2) is 9.84 Å². The number of ether oxygens (including phenoxy) is 1. The molecular weight excluding hydrogens is 342 g/mol. The van der Waals surface area contributed by atoms with E-state index in [9.17, 15) is 13.2 Å². The van der Waals surface area contributed by atoms with Crippen LogP contribution in [-0.2, 0) is 9.84 Å².